The van der Waals surface area contributed by atoms with Crippen molar-refractivity contribution in [1.82, 2.24) is 10.3 Å². The first-order chi connectivity index (χ1) is 15.0. The number of nitrogens with one attached hydrogen (secondary N) is 2. The van der Waals surface area contributed by atoms with Crippen molar-refractivity contribution < 1.29 is 9.53 Å². The van der Waals surface area contributed by atoms with E-state index < -0.39 is 0 Å². The second kappa shape index (κ2) is 9.25. The molecule has 1 heterocycles. The number of anilines is 2. The van der Waals surface area contributed by atoms with Crippen molar-refractivity contribution in [2.24, 2.45) is 0 Å². The van der Waals surface area contributed by atoms with E-state index in [0.29, 0.717) is 17.4 Å². The zero-order valence-corrected chi connectivity index (χ0v) is 18.4. The molecule has 3 aromatic rings. The summed E-state index contributed by atoms with van der Waals surface area (Å²) in [6.45, 7) is 0. The molecule has 1 aliphatic carbocycles. The lowest BCUT2D eigenvalue weighted by molar-refractivity contribution is 0.0926. The molecule has 0 spiro atoms. The van der Waals surface area contributed by atoms with Crippen molar-refractivity contribution in [2.45, 2.75) is 37.8 Å². The first-order valence-corrected chi connectivity index (χ1v) is 10.8. The number of pyridine rings is 1. The molecular formula is C25H30N4O2. The topological polar surface area (TPSA) is 66.5 Å². The second-order valence-electron chi connectivity index (χ2n) is 8.34. The Bertz CT molecular complexity index is 1060. The third-order valence-electron chi connectivity index (χ3n) is 5.92. The van der Waals surface area contributed by atoms with Crippen LogP contribution in [0.1, 0.15) is 36.0 Å². The Kier molecular flexibility index (Phi) is 6.26. The highest BCUT2D eigenvalue weighted by Crippen LogP contribution is 2.29. The van der Waals surface area contributed by atoms with Crippen LogP contribution in [0.5, 0.6) is 5.75 Å². The van der Waals surface area contributed by atoms with Gasteiger partial charge in [0.25, 0.3) is 5.91 Å². The maximum Gasteiger partial charge on any atom is 0.251 e. The number of para-hydroxylation sites is 1. The van der Waals surface area contributed by atoms with E-state index in [1.54, 1.807) is 13.2 Å². The molecule has 6 heteroatoms. The molecule has 0 bridgehead atoms. The number of hydrogen-bond acceptors (Lipinski definition) is 5. The molecule has 4 rings (SSSR count). The summed E-state index contributed by atoms with van der Waals surface area (Å²) in [6.07, 6.45) is 3.88. The fourth-order valence-electron chi connectivity index (χ4n) is 4.23. The number of ether oxygens (including phenoxy) is 1. The standard InChI is InChI=1S/C25H30N4O2/c1-29(2)23-16-24(28-22-10-5-4-9-21(22)23)26-18-11-13-19(14-12-18)27-25(30)17-7-6-8-20(15-17)31-3/h4-10,15-16,18-19H,11-14H2,1-3H3,(H,26,28)(H,27,30). The number of benzene rings is 2. The lowest BCUT2D eigenvalue weighted by Gasteiger charge is -2.30. The van der Waals surface area contributed by atoms with E-state index in [4.69, 9.17) is 9.72 Å². The Morgan fingerprint density at radius 3 is 2.48 bits per heavy atom. The number of hydrogen-bond donors (Lipinski definition) is 2. The van der Waals surface area contributed by atoms with E-state index >= 15 is 0 Å². The molecule has 0 saturated heterocycles. The third-order valence-corrected chi connectivity index (χ3v) is 5.92. The Hall–Kier alpha value is -3.28. The minimum absolute atomic E-state index is 0.0397. The molecule has 1 amide bonds. The Morgan fingerprint density at radius 2 is 1.74 bits per heavy atom. The van der Waals surface area contributed by atoms with Crippen LogP contribution in [0, 0.1) is 0 Å². The van der Waals surface area contributed by atoms with Gasteiger partial charge in [-0.1, -0.05) is 24.3 Å². The number of carbonyl (C=O) groups excluding carboxylic acids is 1. The van der Waals surface area contributed by atoms with Gasteiger partial charge in [-0.05, 0) is 49.9 Å². The number of aromatic nitrogens is 1. The van der Waals surface area contributed by atoms with E-state index in [1.165, 1.54) is 0 Å². The van der Waals surface area contributed by atoms with Gasteiger partial charge >= 0.3 is 0 Å². The summed E-state index contributed by atoms with van der Waals surface area (Å²) in [5.41, 5.74) is 2.79. The predicted octanol–water partition coefficient (Wildman–Crippen LogP) is 4.46. The summed E-state index contributed by atoms with van der Waals surface area (Å²) in [5, 5.41) is 7.95. The summed E-state index contributed by atoms with van der Waals surface area (Å²) in [7, 11) is 5.72. The molecule has 2 N–H and O–H groups in total. The molecular weight excluding hydrogens is 388 g/mol. The number of fused-ring (bicyclic) bond motifs is 1. The lowest BCUT2D eigenvalue weighted by Crippen LogP contribution is -2.40. The van der Waals surface area contributed by atoms with Crippen LogP contribution in [-0.4, -0.2) is 44.2 Å². The number of amides is 1. The molecule has 0 unspecified atom stereocenters. The molecule has 2 aromatic carbocycles. The first-order valence-electron chi connectivity index (χ1n) is 10.8. The van der Waals surface area contributed by atoms with E-state index in [2.05, 4.69) is 47.8 Å². The maximum absolute atomic E-state index is 12.6. The SMILES string of the molecule is COc1cccc(C(=O)NC2CCC(Nc3cc(N(C)C)c4ccccc4n3)CC2)c1. The number of nitrogens with zero attached hydrogens (tertiary/aromatic N) is 2. The Morgan fingerprint density at radius 1 is 1.00 bits per heavy atom. The highest BCUT2D eigenvalue weighted by atomic mass is 16.5. The predicted molar refractivity (Wildman–Crippen MR) is 126 cm³/mol. The van der Waals surface area contributed by atoms with Crippen LogP contribution < -0.4 is 20.3 Å². The van der Waals surface area contributed by atoms with Crippen molar-refractivity contribution in [3.8, 4) is 5.75 Å². The van der Waals surface area contributed by atoms with Crippen LogP contribution in [0.4, 0.5) is 11.5 Å². The minimum Gasteiger partial charge on any atom is -0.497 e. The minimum atomic E-state index is -0.0397. The largest absolute Gasteiger partial charge is 0.497 e. The average molecular weight is 419 g/mol. The monoisotopic (exact) mass is 418 g/mol. The van der Waals surface area contributed by atoms with Gasteiger partial charge in [0.05, 0.1) is 12.6 Å². The van der Waals surface area contributed by atoms with Gasteiger partial charge in [-0.25, -0.2) is 4.98 Å². The normalized spacial score (nSPS) is 18.4. The fourth-order valence-corrected chi connectivity index (χ4v) is 4.23. The Balaban J connectivity index is 1.36. The average Bonchev–Trinajstić information content (AvgIpc) is 2.79. The van der Waals surface area contributed by atoms with Crippen molar-refractivity contribution in [3.63, 3.8) is 0 Å². The molecule has 1 saturated carbocycles. The van der Waals surface area contributed by atoms with E-state index in [-0.39, 0.29) is 11.9 Å². The van der Waals surface area contributed by atoms with Crippen LogP contribution in [0.2, 0.25) is 0 Å². The third kappa shape index (κ3) is 4.90. The second-order valence-corrected chi connectivity index (χ2v) is 8.34. The summed E-state index contributed by atoms with van der Waals surface area (Å²) in [4.78, 5) is 19.5. The van der Waals surface area contributed by atoms with Crippen LogP contribution in [0.3, 0.4) is 0 Å². The number of carbonyl (C=O) groups is 1. The van der Waals surface area contributed by atoms with Gasteiger partial charge in [-0.2, -0.15) is 0 Å². The molecule has 6 nitrogen and oxygen atoms in total. The lowest BCUT2D eigenvalue weighted by atomic mass is 9.91. The van der Waals surface area contributed by atoms with Gasteiger partial charge in [0.1, 0.15) is 11.6 Å². The molecule has 0 radical (unpaired) electrons. The molecule has 0 atom stereocenters. The quantitative estimate of drug-likeness (QED) is 0.619. The van der Waals surface area contributed by atoms with Crippen LogP contribution in [0.25, 0.3) is 10.9 Å². The maximum atomic E-state index is 12.6. The molecule has 1 aromatic heterocycles. The van der Waals surface area contributed by atoms with Crippen LogP contribution >= 0.6 is 0 Å². The van der Waals surface area contributed by atoms with Gasteiger partial charge in [0.2, 0.25) is 0 Å². The number of methoxy groups -OCH3 is 1. The van der Waals surface area contributed by atoms with E-state index in [9.17, 15) is 4.79 Å². The summed E-state index contributed by atoms with van der Waals surface area (Å²) in [6, 6.07) is 18.2. The van der Waals surface area contributed by atoms with Crippen molar-refractivity contribution in [2.75, 3.05) is 31.4 Å². The fraction of sp³-hybridized carbons (Fsp3) is 0.360. The Labute approximate surface area is 183 Å². The molecule has 1 fully saturated rings. The highest BCUT2D eigenvalue weighted by Gasteiger charge is 2.23. The zero-order chi connectivity index (χ0) is 21.8. The number of rotatable bonds is 6. The molecule has 1 aliphatic rings. The molecule has 162 valence electrons. The van der Waals surface area contributed by atoms with Gasteiger partial charge in [0, 0.05) is 48.9 Å². The summed E-state index contributed by atoms with van der Waals surface area (Å²) in [5.74, 6) is 1.56. The van der Waals surface area contributed by atoms with Crippen molar-refractivity contribution in [3.05, 3.63) is 60.2 Å². The van der Waals surface area contributed by atoms with Gasteiger partial charge < -0.3 is 20.3 Å². The van der Waals surface area contributed by atoms with Gasteiger partial charge in [-0.3, -0.25) is 4.79 Å². The van der Waals surface area contributed by atoms with Crippen LogP contribution in [-0.2, 0) is 0 Å². The summed E-state index contributed by atoms with van der Waals surface area (Å²) < 4.78 is 5.22. The smallest absolute Gasteiger partial charge is 0.251 e. The van der Waals surface area contributed by atoms with Gasteiger partial charge in [-0.15, -0.1) is 0 Å². The summed E-state index contributed by atoms with van der Waals surface area (Å²) >= 11 is 0. The zero-order valence-electron chi connectivity index (χ0n) is 18.4. The van der Waals surface area contributed by atoms with Crippen LogP contribution in [0.15, 0.2) is 54.6 Å². The van der Waals surface area contributed by atoms with E-state index in [0.717, 1.165) is 48.1 Å². The van der Waals surface area contributed by atoms with Crippen molar-refractivity contribution in [1.29, 1.82) is 0 Å². The first kappa shape index (κ1) is 21.0. The molecule has 31 heavy (non-hydrogen) atoms. The highest BCUT2D eigenvalue weighted by molar-refractivity contribution is 5.95. The van der Waals surface area contributed by atoms with E-state index in [1.807, 2.05) is 30.3 Å². The van der Waals surface area contributed by atoms with Crippen molar-refractivity contribution >= 4 is 28.3 Å². The molecule has 0 aliphatic heterocycles. The van der Waals surface area contributed by atoms with Gasteiger partial charge in [0.15, 0.2) is 0 Å².